The summed E-state index contributed by atoms with van der Waals surface area (Å²) in [6, 6.07) is 19.7. The number of hydrogen-bond donors (Lipinski definition) is 1. The van der Waals surface area contributed by atoms with Crippen molar-refractivity contribution in [2.75, 3.05) is 50.8 Å². The normalized spacial score (nSPS) is 10.7. The van der Waals surface area contributed by atoms with Crippen LogP contribution in [0.3, 0.4) is 0 Å². The van der Waals surface area contributed by atoms with Crippen LogP contribution in [0.5, 0.6) is 17.2 Å². The number of rotatable bonds is 21. The second-order valence-electron chi connectivity index (χ2n) is 10.9. The van der Waals surface area contributed by atoms with Crippen molar-refractivity contribution in [3.63, 3.8) is 0 Å². The summed E-state index contributed by atoms with van der Waals surface area (Å²) in [5, 5.41) is 2.81. The molecule has 11 heteroatoms. The van der Waals surface area contributed by atoms with Gasteiger partial charge in [0.2, 0.25) is 5.91 Å². The molecule has 3 rings (SSSR count). The van der Waals surface area contributed by atoms with E-state index in [1.165, 1.54) is 24.2 Å². The Morgan fingerprint density at radius 2 is 1.25 bits per heavy atom. The molecule has 11 nitrogen and oxygen atoms in total. The predicted molar refractivity (Wildman–Crippen MR) is 198 cm³/mol. The number of amides is 2. The minimum Gasteiger partial charge on any atom is -0.494 e. The molecule has 3 aromatic carbocycles. The smallest absolute Gasteiger partial charge is 0.330 e. The molecule has 0 aliphatic rings. The molecule has 0 unspecified atom stereocenters. The summed E-state index contributed by atoms with van der Waals surface area (Å²) in [5.41, 5.74) is 2.82. The second kappa shape index (κ2) is 21.8. The highest BCUT2D eigenvalue weighted by Gasteiger charge is 2.09. The highest BCUT2D eigenvalue weighted by atomic mass is 16.5. The van der Waals surface area contributed by atoms with Crippen molar-refractivity contribution in [1.82, 2.24) is 0 Å². The Hall–Kier alpha value is -6.10. The van der Waals surface area contributed by atoms with Crippen LogP contribution in [0, 0.1) is 0 Å². The second-order valence-corrected chi connectivity index (χ2v) is 10.9. The lowest BCUT2D eigenvalue weighted by molar-refractivity contribution is -0.138. The van der Waals surface area contributed by atoms with E-state index in [0.29, 0.717) is 74.3 Å². The molecule has 0 saturated carbocycles. The lowest BCUT2D eigenvalue weighted by Gasteiger charge is -2.16. The number of methoxy groups -OCH3 is 1. The van der Waals surface area contributed by atoms with E-state index < -0.39 is 11.9 Å². The van der Waals surface area contributed by atoms with Gasteiger partial charge in [-0.1, -0.05) is 31.4 Å². The van der Waals surface area contributed by atoms with Crippen LogP contribution in [0.1, 0.15) is 36.8 Å². The Morgan fingerprint density at radius 1 is 0.686 bits per heavy atom. The molecule has 0 fully saturated rings. The first kappa shape index (κ1) is 39.3. The van der Waals surface area contributed by atoms with Crippen LogP contribution in [0.4, 0.5) is 11.4 Å². The van der Waals surface area contributed by atoms with E-state index in [2.05, 4.69) is 18.5 Å². The average molecular weight is 697 g/mol. The maximum absolute atomic E-state index is 12.8. The topological polar surface area (TPSA) is 130 Å². The number of nitrogens with one attached hydrogen (secondary N) is 1. The fourth-order valence-electron chi connectivity index (χ4n) is 4.36. The number of unbranched alkanes of at least 4 members (excludes halogenated alkanes) is 2. The fraction of sp³-hybridized carbons (Fsp3) is 0.250. The van der Waals surface area contributed by atoms with Crippen molar-refractivity contribution >= 4 is 47.3 Å². The van der Waals surface area contributed by atoms with Crippen LogP contribution in [0.2, 0.25) is 0 Å². The Kier molecular flexibility index (Phi) is 16.8. The zero-order valence-electron chi connectivity index (χ0n) is 29.0. The lowest BCUT2D eigenvalue weighted by Crippen LogP contribution is -2.23. The SMILES string of the molecule is C=CC(=O)OCCCCOc1ccc(/C=C/C(=O)N(C)c2ccc(NC(=O)/C=C/c3ccc(OCCCCOC(=O)C=C)c(OC)c3)cc2)cc1. The van der Waals surface area contributed by atoms with Gasteiger partial charge < -0.3 is 33.9 Å². The zero-order chi connectivity index (χ0) is 36.8. The summed E-state index contributed by atoms with van der Waals surface area (Å²) in [4.78, 5) is 49.0. The third kappa shape index (κ3) is 14.5. The number of carbonyl (C=O) groups is 4. The van der Waals surface area contributed by atoms with E-state index in [1.54, 1.807) is 55.6 Å². The lowest BCUT2D eigenvalue weighted by atomic mass is 10.2. The van der Waals surface area contributed by atoms with Crippen LogP contribution in [-0.2, 0) is 28.7 Å². The third-order valence-corrected chi connectivity index (χ3v) is 7.19. The third-order valence-electron chi connectivity index (χ3n) is 7.19. The summed E-state index contributed by atoms with van der Waals surface area (Å²) in [7, 11) is 3.21. The number of nitrogens with zero attached hydrogens (tertiary/aromatic N) is 1. The van der Waals surface area contributed by atoms with Crippen molar-refractivity contribution in [1.29, 1.82) is 0 Å². The van der Waals surface area contributed by atoms with E-state index in [4.69, 9.17) is 23.7 Å². The Balaban J connectivity index is 1.42. The van der Waals surface area contributed by atoms with Gasteiger partial charge in [-0.25, -0.2) is 9.59 Å². The molecular formula is C40H44N2O9. The molecule has 2 amide bonds. The van der Waals surface area contributed by atoms with Gasteiger partial charge in [-0.15, -0.1) is 0 Å². The van der Waals surface area contributed by atoms with Crippen molar-refractivity contribution in [3.05, 3.63) is 115 Å². The quantitative estimate of drug-likeness (QED) is 0.0726. The molecule has 3 aromatic rings. The first-order valence-electron chi connectivity index (χ1n) is 16.4. The van der Waals surface area contributed by atoms with Crippen molar-refractivity contribution in [2.24, 2.45) is 0 Å². The van der Waals surface area contributed by atoms with E-state index in [1.807, 2.05) is 30.3 Å². The van der Waals surface area contributed by atoms with Gasteiger partial charge in [0.15, 0.2) is 11.5 Å². The summed E-state index contributed by atoms with van der Waals surface area (Å²) < 4.78 is 26.8. The molecule has 0 saturated heterocycles. The van der Waals surface area contributed by atoms with Gasteiger partial charge in [-0.2, -0.15) is 0 Å². The first-order chi connectivity index (χ1) is 24.7. The molecule has 0 atom stereocenters. The fourth-order valence-corrected chi connectivity index (χ4v) is 4.36. The van der Waals surface area contributed by atoms with E-state index in [0.717, 1.165) is 29.7 Å². The standard InChI is InChI=1S/C40H44N2O9/c1-5-39(45)50-27-9-7-25-48-34-20-11-30(12-21-34)15-24-38(44)42(3)33-18-16-32(17-19-33)41-37(43)23-14-31-13-22-35(36(29-31)47-4)49-26-8-10-28-51-40(46)6-2/h5-6,11-24,29H,1-2,7-10,25-28H2,3-4H3,(H,41,43)/b23-14+,24-15+. The zero-order valence-corrected chi connectivity index (χ0v) is 29.0. The molecule has 0 aliphatic heterocycles. The minimum atomic E-state index is -0.447. The molecule has 51 heavy (non-hydrogen) atoms. The summed E-state index contributed by atoms with van der Waals surface area (Å²) >= 11 is 0. The van der Waals surface area contributed by atoms with Gasteiger partial charge in [0, 0.05) is 42.7 Å². The maximum Gasteiger partial charge on any atom is 0.330 e. The number of esters is 2. The van der Waals surface area contributed by atoms with Gasteiger partial charge in [-0.3, -0.25) is 9.59 Å². The van der Waals surface area contributed by atoms with Crippen molar-refractivity contribution in [3.8, 4) is 17.2 Å². The van der Waals surface area contributed by atoms with E-state index >= 15 is 0 Å². The van der Waals surface area contributed by atoms with E-state index in [-0.39, 0.29) is 11.8 Å². The Morgan fingerprint density at radius 3 is 1.86 bits per heavy atom. The Labute approximate surface area is 298 Å². The first-order valence-corrected chi connectivity index (χ1v) is 16.4. The van der Waals surface area contributed by atoms with Gasteiger partial charge >= 0.3 is 11.9 Å². The van der Waals surface area contributed by atoms with Gasteiger partial charge in [0.05, 0.1) is 33.5 Å². The average Bonchev–Trinajstić information content (AvgIpc) is 3.16. The summed E-state index contributed by atoms with van der Waals surface area (Å²) in [6.45, 7) is 8.26. The molecule has 0 heterocycles. The monoisotopic (exact) mass is 696 g/mol. The highest BCUT2D eigenvalue weighted by molar-refractivity contribution is 6.04. The molecule has 268 valence electrons. The van der Waals surface area contributed by atoms with Crippen molar-refractivity contribution < 1.29 is 42.9 Å². The number of anilines is 2. The molecule has 0 aliphatic carbocycles. The molecule has 1 N–H and O–H groups in total. The van der Waals surface area contributed by atoms with Crippen molar-refractivity contribution in [2.45, 2.75) is 25.7 Å². The maximum atomic E-state index is 12.8. The van der Waals surface area contributed by atoms with Crippen LogP contribution in [0.15, 0.2) is 104 Å². The highest BCUT2D eigenvalue weighted by Crippen LogP contribution is 2.29. The van der Waals surface area contributed by atoms with Crippen LogP contribution < -0.4 is 24.4 Å². The largest absolute Gasteiger partial charge is 0.494 e. The van der Waals surface area contributed by atoms with Gasteiger partial charge in [0.25, 0.3) is 5.91 Å². The van der Waals surface area contributed by atoms with Gasteiger partial charge in [-0.05, 0) is 97.5 Å². The van der Waals surface area contributed by atoms with Crippen LogP contribution in [-0.4, -0.2) is 64.3 Å². The number of benzene rings is 3. The summed E-state index contributed by atoms with van der Waals surface area (Å²) in [5.74, 6) is 0.378. The molecule has 0 bridgehead atoms. The Bertz CT molecular complexity index is 1680. The predicted octanol–water partition coefficient (Wildman–Crippen LogP) is 6.80. The number of ether oxygens (including phenoxy) is 5. The molecule has 0 aromatic heterocycles. The van der Waals surface area contributed by atoms with E-state index in [9.17, 15) is 19.2 Å². The van der Waals surface area contributed by atoms with Crippen LogP contribution in [0.25, 0.3) is 12.2 Å². The molecule has 0 spiro atoms. The molecular weight excluding hydrogens is 652 g/mol. The molecule has 0 radical (unpaired) electrons. The number of likely N-dealkylation sites (N-methyl/N-ethyl adjacent to an activating group) is 1. The number of carbonyl (C=O) groups excluding carboxylic acids is 4. The minimum absolute atomic E-state index is 0.217. The van der Waals surface area contributed by atoms with Gasteiger partial charge in [0.1, 0.15) is 5.75 Å². The number of hydrogen-bond acceptors (Lipinski definition) is 9. The summed E-state index contributed by atoms with van der Waals surface area (Å²) in [6.07, 6.45) is 11.3. The van der Waals surface area contributed by atoms with Crippen LogP contribution >= 0.6 is 0 Å².